The molecule has 0 saturated carbocycles. The fraction of sp³-hybridized carbons (Fsp3) is 0.125. The van der Waals surface area contributed by atoms with Crippen molar-refractivity contribution in [3.63, 3.8) is 0 Å². The summed E-state index contributed by atoms with van der Waals surface area (Å²) in [6.07, 6.45) is 4.43. The molecule has 0 aliphatic rings. The van der Waals surface area contributed by atoms with Gasteiger partial charge in [-0.1, -0.05) is 0 Å². The van der Waals surface area contributed by atoms with Crippen molar-refractivity contribution in [2.75, 3.05) is 6.54 Å². The number of carbonyl (C=O) groups excluding carboxylic acids is 1. The van der Waals surface area contributed by atoms with Crippen LogP contribution < -0.4 is 10.9 Å². The van der Waals surface area contributed by atoms with Crippen LogP contribution >= 0.6 is 0 Å². The lowest BCUT2D eigenvalue weighted by atomic mass is 10.2. The maximum absolute atomic E-state index is 13.3. The van der Waals surface area contributed by atoms with Crippen molar-refractivity contribution in [3.8, 4) is 0 Å². The van der Waals surface area contributed by atoms with E-state index in [9.17, 15) is 14.0 Å². The molecule has 1 N–H and O–H groups in total. The van der Waals surface area contributed by atoms with Gasteiger partial charge in [-0.2, -0.15) is 0 Å². The van der Waals surface area contributed by atoms with Crippen LogP contribution in [0.5, 0.6) is 0 Å². The second-order valence-electron chi connectivity index (χ2n) is 4.90. The van der Waals surface area contributed by atoms with Crippen LogP contribution in [0.2, 0.25) is 0 Å². The van der Waals surface area contributed by atoms with Gasteiger partial charge in [0.1, 0.15) is 5.82 Å². The summed E-state index contributed by atoms with van der Waals surface area (Å²) in [4.78, 5) is 32.1. The third-order valence-electron chi connectivity index (χ3n) is 3.35. The molecular formula is C16H13FN4O2. The SMILES string of the molecule is O=C(NCCn1cnc2ccc(F)cc2c1=O)c1cccnc1. The topological polar surface area (TPSA) is 76.9 Å². The predicted octanol–water partition coefficient (Wildman–Crippen LogP) is 1.36. The Labute approximate surface area is 130 Å². The summed E-state index contributed by atoms with van der Waals surface area (Å²) in [5.74, 6) is -0.759. The Balaban J connectivity index is 1.71. The summed E-state index contributed by atoms with van der Waals surface area (Å²) in [6.45, 7) is 0.487. The molecule has 3 aromatic rings. The van der Waals surface area contributed by atoms with Gasteiger partial charge in [-0.15, -0.1) is 0 Å². The lowest BCUT2D eigenvalue weighted by molar-refractivity contribution is 0.0952. The van der Waals surface area contributed by atoms with Gasteiger partial charge in [-0.3, -0.25) is 19.1 Å². The van der Waals surface area contributed by atoms with Gasteiger partial charge in [0.05, 0.1) is 22.8 Å². The van der Waals surface area contributed by atoms with Crippen LogP contribution in [0.15, 0.2) is 53.8 Å². The van der Waals surface area contributed by atoms with Crippen LogP contribution in [0.25, 0.3) is 10.9 Å². The van der Waals surface area contributed by atoms with Crippen molar-refractivity contribution in [1.82, 2.24) is 19.9 Å². The Bertz CT molecular complexity index is 909. The fourth-order valence-corrected chi connectivity index (χ4v) is 2.18. The monoisotopic (exact) mass is 312 g/mol. The molecule has 1 aromatic carbocycles. The van der Waals surface area contributed by atoms with Gasteiger partial charge in [0.2, 0.25) is 0 Å². The van der Waals surface area contributed by atoms with E-state index < -0.39 is 5.82 Å². The first-order valence-electron chi connectivity index (χ1n) is 6.98. The zero-order valence-electron chi connectivity index (χ0n) is 12.1. The Morgan fingerprint density at radius 3 is 2.96 bits per heavy atom. The molecule has 0 unspecified atom stereocenters. The quantitative estimate of drug-likeness (QED) is 0.789. The summed E-state index contributed by atoms with van der Waals surface area (Å²) in [6, 6.07) is 7.19. The van der Waals surface area contributed by atoms with Crippen molar-refractivity contribution in [2.24, 2.45) is 0 Å². The van der Waals surface area contributed by atoms with E-state index in [-0.39, 0.29) is 29.9 Å². The van der Waals surface area contributed by atoms with Crippen molar-refractivity contribution in [1.29, 1.82) is 0 Å². The molecule has 0 spiro atoms. The Morgan fingerprint density at radius 2 is 2.17 bits per heavy atom. The Hall–Kier alpha value is -3.09. The minimum atomic E-state index is -0.487. The zero-order chi connectivity index (χ0) is 16.2. The molecule has 0 radical (unpaired) electrons. The molecule has 0 fully saturated rings. The highest BCUT2D eigenvalue weighted by Gasteiger charge is 2.07. The largest absolute Gasteiger partial charge is 0.350 e. The van der Waals surface area contributed by atoms with Gasteiger partial charge in [0.15, 0.2) is 0 Å². The number of halogens is 1. The third-order valence-corrected chi connectivity index (χ3v) is 3.35. The third kappa shape index (κ3) is 3.23. The van der Waals surface area contributed by atoms with E-state index >= 15 is 0 Å². The normalized spacial score (nSPS) is 10.7. The van der Waals surface area contributed by atoms with Gasteiger partial charge in [-0.05, 0) is 30.3 Å². The second-order valence-corrected chi connectivity index (χ2v) is 4.90. The molecule has 2 aromatic heterocycles. The van der Waals surface area contributed by atoms with E-state index in [2.05, 4.69) is 15.3 Å². The summed E-state index contributed by atoms with van der Waals surface area (Å²) in [5, 5.41) is 2.91. The molecule has 0 saturated heterocycles. The van der Waals surface area contributed by atoms with E-state index in [1.807, 2.05) is 0 Å². The molecule has 3 rings (SSSR count). The molecule has 6 nitrogen and oxygen atoms in total. The smallest absolute Gasteiger partial charge is 0.261 e. The first kappa shape index (κ1) is 14.8. The van der Waals surface area contributed by atoms with Gasteiger partial charge in [0.25, 0.3) is 11.5 Å². The molecule has 0 bridgehead atoms. The van der Waals surface area contributed by atoms with Crippen molar-refractivity contribution in [3.05, 3.63) is 70.8 Å². The number of fused-ring (bicyclic) bond motifs is 1. The highest BCUT2D eigenvalue weighted by atomic mass is 19.1. The molecule has 2 heterocycles. The van der Waals surface area contributed by atoms with E-state index in [0.29, 0.717) is 11.1 Å². The standard InChI is InChI=1S/C16H13FN4O2/c17-12-3-4-14-13(8-12)16(23)21(10-20-14)7-6-19-15(22)11-2-1-5-18-9-11/h1-5,8-10H,6-7H2,(H,19,22). The molecular weight excluding hydrogens is 299 g/mol. The van der Waals surface area contributed by atoms with Crippen LogP contribution in [0.3, 0.4) is 0 Å². The second kappa shape index (κ2) is 6.35. The average Bonchev–Trinajstić information content (AvgIpc) is 2.58. The number of hydrogen-bond donors (Lipinski definition) is 1. The Kier molecular flexibility index (Phi) is 4.09. The highest BCUT2D eigenvalue weighted by Crippen LogP contribution is 2.08. The number of rotatable bonds is 4. The summed E-state index contributed by atoms with van der Waals surface area (Å²) >= 11 is 0. The molecule has 7 heteroatoms. The predicted molar refractivity (Wildman–Crippen MR) is 82.5 cm³/mol. The van der Waals surface area contributed by atoms with E-state index in [1.165, 1.54) is 29.2 Å². The maximum atomic E-state index is 13.3. The maximum Gasteiger partial charge on any atom is 0.261 e. The van der Waals surface area contributed by atoms with Gasteiger partial charge in [0, 0.05) is 25.5 Å². The Morgan fingerprint density at radius 1 is 1.30 bits per heavy atom. The highest BCUT2D eigenvalue weighted by molar-refractivity contribution is 5.93. The summed E-state index contributed by atoms with van der Waals surface area (Å²) in [5.41, 5.74) is 0.538. The molecule has 0 aliphatic carbocycles. The van der Waals surface area contributed by atoms with E-state index in [1.54, 1.807) is 18.3 Å². The van der Waals surface area contributed by atoms with Crippen LogP contribution in [0.4, 0.5) is 4.39 Å². The summed E-state index contributed by atoms with van der Waals surface area (Å²) in [7, 11) is 0. The van der Waals surface area contributed by atoms with Crippen LogP contribution in [0, 0.1) is 5.82 Å². The molecule has 0 atom stereocenters. The van der Waals surface area contributed by atoms with E-state index in [0.717, 1.165) is 6.07 Å². The summed E-state index contributed by atoms with van der Waals surface area (Å²) < 4.78 is 14.6. The number of benzene rings is 1. The number of amides is 1. The average molecular weight is 312 g/mol. The van der Waals surface area contributed by atoms with Crippen LogP contribution in [-0.4, -0.2) is 27.0 Å². The number of carbonyl (C=O) groups is 1. The minimum absolute atomic E-state index is 0.214. The number of hydrogen-bond acceptors (Lipinski definition) is 4. The van der Waals surface area contributed by atoms with Crippen molar-refractivity contribution >= 4 is 16.8 Å². The number of aromatic nitrogens is 3. The fourth-order valence-electron chi connectivity index (χ4n) is 2.18. The molecule has 116 valence electrons. The molecule has 1 amide bonds. The van der Waals surface area contributed by atoms with Gasteiger partial charge >= 0.3 is 0 Å². The van der Waals surface area contributed by atoms with Crippen molar-refractivity contribution in [2.45, 2.75) is 6.54 Å². The van der Waals surface area contributed by atoms with Gasteiger partial charge < -0.3 is 5.32 Å². The van der Waals surface area contributed by atoms with Crippen molar-refractivity contribution < 1.29 is 9.18 Å². The number of nitrogens with zero attached hydrogens (tertiary/aromatic N) is 3. The number of pyridine rings is 1. The first-order valence-corrected chi connectivity index (χ1v) is 6.98. The molecule has 23 heavy (non-hydrogen) atoms. The van der Waals surface area contributed by atoms with E-state index in [4.69, 9.17) is 0 Å². The van der Waals surface area contributed by atoms with Crippen LogP contribution in [0.1, 0.15) is 10.4 Å². The lowest BCUT2D eigenvalue weighted by Crippen LogP contribution is -2.31. The molecule has 0 aliphatic heterocycles. The zero-order valence-corrected chi connectivity index (χ0v) is 12.1. The lowest BCUT2D eigenvalue weighted by Gasteiger charge is -2.08. The first-order chi connectivity index (χ1) is 11.1. The van der Waals surface area contributed by atoms with Gasteiger partial charge in [-0.25, -0.2) is 9.37 Å². The minimum Gasteiger partial charge on any atom is -0.350 e. The number of nitrogens with one attached hydrogen (secondary N) is 1. The van der Waals surface area contributed by atoms with Crippen LogP contribution in [-0.2, 0) is 6.54 Å².